The molecular weight excluding hydrogens is 390 g/mol. The van der Waals surface area contributed by atoms with Crippen LogP contribution in [0.4, 0.5) is 5.69 Å². The Hall–Kier alpha value is -2.59. The monoisotopic (exact) mass is 419 g/mol. The van der Waals surface area contributed by atoms with Crippen molar-refractivity contribution in [3.63, 3.8) is 0 Å². The lowest BCUT2D eigenvalue weighted by Crippen LogP contribution is -2.26. The Balaban J connectivity index is 1.73. The van der Waals surface area contributed by atoms with Gasteiger partial charge in [-0.1, -0.05) is 55.1 Å². The maximum Gasteiger partial charge on any atom is 0.174 e. The smallest absolute Gasteiger partial charge is 0.174 e. The molecule has 0 bridgehead atoms. The predicted octanol–water partition coefficient (Wildman–Crippen LogP) is 6.02. The van der Waals surface area contributed by atoms with Gasteiger partial charge in [-0.2, -0.15) is 0 Å². The van der Waals surface area contributed by atoms with Crippen LogP contribution in [-0.4, -0.2) is 27.3 Å². The van der Waals surface area contributed by atoms with E-state index in [9.17, 15) is 0 Å². The molecule has 3 aromatic carbocycles. The lowest BCUT2D eigenvalue weighted by atomic mass is 10.0. The molecule has 0 N–H and O–H groups in total. The molecule has 0 atom stereocenters. The van der Waals surface area contributed by atoms with E-state index in [2.05, 4.69) is 72.5 Å². The first-order valence-corrected chi connectivity index (χ1v) is 11.4. The number of methoxy groups -OCH3 is 2. The molecule has 0 saturated carbocycles. The van der Waals surface area contributed by atoms with Crippen LogP contribution in [0.3, 0.4) is 0 Å². The van der Waals surface area contributed by atoms with Gasteiger partial charge in [0.05, 0.1) is 19.1 Å². The summed E-state index contributed by atoms with van der Waals surface area (Å²) in [5.74, 6) is 1.66. The van der Waals surface area contributed by atoms with E-state index >= 15 is 0 Å². The van der Waals surface area contributed by atoms with Crippen molar-refractivity contribution in [2.75, 3.05) is 32.2 Å². The van der Waals surface area contributed by atoms with Crippen LogP contribution in [-0.2, 0) is 19.3 Å². The van der Waals surface area contributed by atoms with Crippen LogP contribution in [0.15, 0.2) is 70.5 Å². The number of aryl methyl sites for hydroxylation is 1. The summed E-state index contributed by atoms with van der Waals surface area (Å²) in [4.78, 5) is 4.93. The molecule has 3 aromatic rings. The Labute approximate surface area is 184 Å². The third kappa shape index (κ3) is 4.15. The minimum absolute atomic E-state index is 0.817. The molecule has 0 aliphatic carbocycles. The maximum absolute atomic E-state index is 5.84. The number of para-hydroxylation sites is 1. The van der Waals surface area contributed by atoms with Gasteiger partial charge in [0.2, 0.25) is 0 Å². The number of anilines is 1. The normalized spacial score (nSPS) is 13.5. The highest BCUT2D eigenvalue weighted by atomic mass is 32.2. The summed E-state index contributed by atoms with van der Waals surface area (Å²) in [6.07, 6.45) is 3.04. The molecule has 30 heavy (non-hydrogen) atoms. The van der Waals surface area contributed by atoms with Gasteiger partial charge in [0.1, 0.15) is 0 Å². The van der Waals surface area contributed by atoms with Gasteiger partial charge >= 0.3 is 0 Å². The molecule has 0 saturated heterocycles. The zero-order chi connectivity index (χ0) is 20.9. The molecule has 0 fully saturated rings. The SMILES string of the molecule is CCc1ccccc1N1CCc2cc(OC)c(OC)c(Sc3ccccc3)c2CC1. The molecule has 0 spiro atoms. The zero-order valence-electron chi connectivity index (χ0n) is 18.0. The van der Waals surface area contributed by atoms with Crippen LogP contribution in [0.2, 0.25) is 0 Å². The highest BCUT2D eigenvalue weighted by Gasteiger charge is 2.24. The highest BCUT2D eigenvalue weighted by Crippen LogP contribution is 2.46. The first-order chi connectivity index (χ1) is 14.7. The predicted molar refractivity (Wildman–Crippen MR) is 126 cm³/mol. The topological polar surface area (TPSA) is 21.7 Å². The summed E-state index contributed by atoms with van der Waals surface area (Å²) < 4.78 is 11.6. The van der Waals surface area contributed by atoms with E-state index in [0.717, 1.165) is 43.9 Å². The number of hydrogen-bond donors (Lipinski definition) is 0. The molecule has 4 rings (SSSR count). The van der Waals surface area contributed by atoms with Gasteiger partial charge in [0, 0.05) is 23.7 Å². The summed E-state index contributed by atoms with van der Waals surface area (Å²) in [7, 11) is 3.46. The molecule has 1 heterocycles. The van der Waals surface area contributed by atoms with E-state index in [-0.39, 0.29) is 0 Å². The maximum atomic E-state index is 5.84. The quantitative estimate of drug-likeness (QED) is 0.487. The number of hydrogen-bond acceptors (Lipinski definition) is 4. The second-order valence-electron chi connectivity index (χ2n) is 7.46. The van der Waals surface area contributed by atoms with Gasteiger partial charge in [0.15, 0.2) is 11.5 Å². The first-order valence-electron chi connectivity index (χ1n) is 10.6. The van der Waals surface area contributed by atoms with Crippen LogP contribution >= 0.6 is 11.8 Å². The second-order valence-corrected chi connectivity index (χ2v) is 8.55. The fourth-order valence-electron chi connectivity index (χ4n) is 4.24. The van der Waals surface area contributed by atoms with Crippen LogP contribution in [0, 0.1) is 0 Å². The average molecular weight is 420 g/mol. The van der Waals surface area contributed by atoms with Crippen molar-refractivity contribution >= 4 is 17.4 Å². The van der Waals surface area contributed by atoms with Crippen molar-refractivity contribution in [1.29, 1.82) is 0 Å². The van der Waals surface area contributed by atoms with E-state index in [1.165, 1.54) is 32.2 Å². The van der Waals surface area contributed by atoms with Gasteiger partial charge in [-0.05, 0) is 60.2 Å². The van der Waals surface area contributed by atoms with Crippen LogP contribution in [0.25, 0.3) is 0 Å². The average Bonchev–Trinajstić information content (AvgIpc) is 3.02. The van der Waals surface area contributed by atoms with E-state index in [4.69, 9.17) is 9.47 Å². The number of nitrogens with zero attached hydrogens (tertiary/aromatic N) is 1. The van der Waals surface area contributed by atoms with Crippen molar-refractivity contribution in [1.82, 2.24) is 0 Å². The largest absolute Gasteiger partial charge is 0.493 e. The minimum Gasteiger partial charge on any atom is -0.493 e. The van der Waals surface area contributed by atoms with Crippen LogP contribution < -0.4 is 14.4 Å². The Morgan fingerprint density at radius 2 is 1.63 bits per heavy atom. The van der Waals surface area contributed by atoms with Gasteiger partial charge in [-0.15, -0.1) is 0 Å². The van der Waals surface area contributed by atoms with Crippen LogP contribution in [0.1, 0.15) is 23.6 Å². The summed E-state index contributed by atoms with van der Waals surface area (Å²) in [5.41, 5.74) is 5.53. The first kappa shape index (κ1) is 20.7. The molecule has 0 aromatic heterocycles. The number of rotatable bonds is 6. The van der Waals surface area contributed by atoms with Crippen molar-refractivity contribution < 1.29 is 9.47 Å². The van der Waals surface area contributed by atoms with Crippen LogP contribution in [0.5, 0.6) is 11.5 Å². The Kier molecular flexibility index (Phi) is 6.53. The lowest BCUT2D eigenvalue weighted by molar-refractivity contribution is 0.346. The summed E-state index contributed by atoms with van der Waals surface area (Å²) >= 11 is 1.77. The third-order valence-electron chi connectivity index (χ3n) is 5.78. The Morgan fingerprint density at radius 3 is 2.37 bits per heavy atom. The van der Waals surface area contributed by atoms with Gasteiger partial charge in [-0.3, -0.25) is 0 Å². The lowest BCUT2D eigenvalue weighted by Gasteiger charge is -2.25. The van der Waals surface area contributed by atoms with Gasteiger partial charge in [-0.25, -0.2) is 0 Å². The van der Waals surface area contributed by atoms with E-state index in [1.54, 1.807) is 26.0 Å². The third-order valence-corrected chi connectivity index (χ3v) is 6.92. The standard InChI is InChI=1S/C26H29NO2S/c1-4-19-10-8-9-13-23(19)27-16-14-20-18-24(28-2)25(29-3)26(22(20)15-17-27)30-21-11-6-5-7-12-21/h5-13,18H,4,14-17H2,1-3H3. The second kappa shape index (κ2) is 9.48. The van der Waals surface area contributed by atoms with E-state index in [0.29, 0.717) is 0 Å². The fraction of sp³-hybridized carbons (Fsp3) is 0.308. The van der Waals surface area contributed by atoms with Crippen molar-refractivity contribution in [3.05, 3.63) is 77.4 Å². The Bertz CT molecular complexity index is 1000. The number of benzene rings is 3. The van der Waals surface area contributed by atoms with Crippen molar-refractivity contribution in [2.45, 2.75) is 36.0 Å². The molecule has 1 aliphatic heterocycles. The molecule has 156 valence electrons. The van der Waals surface area contributed by atoms with Gasteiger partial charge < -0.3 is 14.4 Å². The van der Waals surface area contributed by atoms with E-state index in [1.807, 2.05) is 0 Å². The molecule has 3 nitrogen and oxygen atoms in total. The minimum atomic E-state index is 0.817. The summed E-state index contributed by atoms with van der Waals surface area (Å²) in [6.45, 7) is 4.24. The fourth-order valence-corrected chi connectivity index (χ4v) is 5.40. The van der Waals surface area contributed by atoms with Crippen molar-refractivity contribution in [3.8, 4) is 11.5 Å². The van der Waals surface area contributed by atoms with Crippen molar-refractivity contribution in [2.24, 2.45) is 0 Å². The highest BCUT2D eigenvalue weighted by molar-refractivity contribution is 7.99. The molecular formula is C26H29NO2S. The molecule has 0 unspecified atom stereocenters. The molecule has 0 amide bonds. The summed E-state index contributed by atoms with van der Waals surface area (Å²) in [6, 6.07) is 21.5. The molecule has 4 heteroatoms. The number of fused-ring (bicyclic) bond motifs is 1. The molecule has 0 radical (unpaired) electrons. The zero-order valence-corrected chi connectivity index (χ0v) is 18.8. The van der Waals surface area contributed by atoms with Gasteiger partial charge in [0.25, 0.3) is 0 Å². The Morgan fingerprint density at radius 1 is 0.900 bits per heavy atom. The number of ether oxygens (including phenoxy) is 2. The van der Waals surface area contributed by atoms with E-state index < -0.39 is 0 Å². The molecule has 1 aliphatic rings. The summed E-state index contributed by atoms with van der Waals surface area (Å²) in [5, 5.41) is 0.